The van der Waals surface area contributed by atoms with E-state index >= 15 is 0 Å². The fourth-order valence-corrected chi connectivity index (χ4v) is 0.644. The molecule has 0 aliphatic rings. The first-order valence-electron chi connectivity index (χ1n) is 3.42. The standard InChI is InChI=1S/C8H14O/c1-3-5-6-7-8(9)4-2/h1,8-9H,4-7H2,2H3. The number of hydrogen-bond donors (Lipinski definition) is 1. The van der Waals surface area contributed by atoms with Gasteiger partial charge in [-0.2, -0.15) is 0 Å². The van der Waals surface area contributed by atoms with Gasteiger partial charge in [0.25, 0.3) is 0 Å². The highest BCUT2D eigenvalue weighted by atomic mass is 16.3. The average Bonchev–Trinajstić information content (AvgIpc) is 1.89. The van der Waals surface area contributed by atoms with Crippen molar-refractivity contribution >= 4 is 0 Å². The van der Waals surface area contributed by atoms with Gasteiger partial charge >= 0.3 is 0 Å². The zero-order chi connectivity index (χ0) is 7.11. The van der Waals surface area contributed by atoms with Crippen molar-refractivity contribution < 1.29 is 5.11 Å². The molecule has 0 aliphatic carbocycles. The molecule has 0 spiro atoms. The second kappa shape index (κ2) is 5.65. The number of aliphatic hydroxyl groups is 1. The van der Waals surface area contributed by atoms with Crippen molar-refractivity contribution in [3.05, 3.63) is 0 Å². The van der Waals surface area contributed by atoms with Gasteiger partial charge in [0, 0.05) is 6.42 Å². The third-order valence-corrected chi connectivity index (χ3v) is 1.33. The summed E-state index contributed by atoms with van der Waals surface area (Å²) in [7, 11) is 0. The molecule has 0 aromatic rings. The van der Waals surface area contributed by atoms with Gasteiger partial charge in [0.2, 0.25) is 0 Å². The molecule has 0 radical (unpaired) electrons. The summed E-state index contributed by atoms with van der Waals surface area (Å²) in [6.07, 6.45) is 8.31. The van der Waals surface area contributed by atoms with Gasteiger partial charge in [0.05, 0.1) is 6.10 Å². The molecule has 0 aliphatic heterocycles. The highest BCUT2D eigenvalue weighted by Crippen LogP contribution is 2.02. The summed E-state index contributed by atoms with van der Waals surface area (Å²) >= 11 is 0. The SMILES string of the molecule is C#CCCCC(O)CC. The average molecular weight is 126 g/mol. The van der Waals surface area contributed by atoms with Crippen LogP contribution in [0.4, 0.5) is 0 Å². The lowest BCUT2D eigenvalue weighted by molar-refractivity contribution is 0.158. The van der Waals surface area contributed by atoms with Crippen LogP contribution in [0.25, 0.3) is 0 Å². The quantitative estimate of drug-likeness (QED) is 0.447. The number of terminal acetylenes is 1. The van der Waals surface area contributed by atoms with Crippen LogP contribution in [-0.2, 0) is 0 Å². The summed E-state index contributed by atoms with van der Waals surface area (Å²) < 4.78 is 0. The van der Waals surface area contributed by atoms with Gasteiger partial charge in [-0.15, -0.1) is 12.3 Å². The second-order valence-electron chi connectivity index (χ2n) is 2.16. The van der Waals surface area contributed by atoms with Gasteiger partial charge in [-0.25, -0.2) is 0 Å². The van der Waals surface area contributed by atoms with E-state index in [-0.39, 0.29) is 6.10 Å². The molecule has 0 fully saturated rings. The van der Waals surface area contributed by atoms with E-state index in [0.29, 0.717) is 0 Å². The van der Waals surface area contributed by atoms with Crippen molar-refractivity contribution in [3.63, 3.8) is 0 Å². The Balaban J connectivity index is 2.99. The Morgan fingerprint density at radius 2 is 2.33 bits per heavy atom. The topological polar surface area (TPSA) is 20.2 Å². The minimum absolute atomic E-state index is 0.140. The molecule has 0 amide bonds. The maximum Gasteiger partial charge on any atom is 0.0538 e. The summed E-state index contributed by atoms with van der Waals surface area (Å²) in [6.45, 7) is 1.97. The molecule has 0 rings (SSSR count). The lowest BCUT2D eigenvalue weighted by Gasteiger charge is -2.03. The molecule has 52 valence electrons. The first kappa shape index (κ1) is 8.52. The molecule has 1 atom stereocenters. The van der Waals surface area contributed by atoms with Gasteiger partial charge in [-0.1, -0.05) is 6.92 Å². The normalized spacial score (nSPS) is 12.6. The minimum atomic E-state index is -0.140. The van der Waals surface area contributed by atoms with Crippen LogP contribution in [0.3, 0.4) is 0 Å². The molecule has 1 nitrogen and oxygen atoms in total. The van der Waals surface area contributed by atoms with Crippen LogP contribution in [0.5, 0.6) is 0 Å². The molecule has 0 aromatic carbocycles. The predicted octanol–water partition coefficient (Wildman–Crippen LogP) is 1.56. The number of rotatable bonds is 4. The van der Waals surface area contributed by atoms with E-state index in [2.05, 4.69) is 5.92 Å². The Bertz CT molecular complexity index is 91.2. The van der Waals surface area contributed by atoms with E-state index in [4.69, 9.17) is 11.5 Å². The van der Waals surface area contributed by atoms with Gasteiger partial charge in [-0.3, -0.25) is 0 Å². The zero-order valence-electron chi connectivity index (χ0n) is 5.93. The maximum absolute atomic E-state index is 9.02. The van der Waals surface area contributed by atoms with E-state index in [1.165, 1.54) is 0 Å². The van der Waals surface area contributed by atoms with Crippen molar-refractivity contribution in [1.82, 2.24) is 0 Å². The Kier molecular flexibility index (Phi) is 5.35. The Labute approximate surface area is 57.1 Å². The maximum atomic E-state index is 9.02. The molecular weight excluding hydrogens is 112 g/mol. The van der Waals surface area contributed by atoms with E-state index in [9.17, 15) is 0 Å². The van der Waals surface area contributed by atoms with Gasteiger partial charge in [0.1, 0.15) is 0 Å². The number of hydrogen-bond acceptors (Lipinski definition) is 1. The first-order valence-corrected chi connectivity index (χ1v) is 3.42. The molecule has 1 N–H and O–H groups in total. The minimum Gasteiger partial charge on any atom is -0.393 e. The summed E-state index contributed by atoms with van der Waals surface area (Å²) in [6, 6.07) is 0. The highest BCUT2D eigenvalue weighted by Gasteiger charge is 1.97. The molecule has 0 saturated carbocycles. The fourth-order valence-electron chi connectivity index (χ4n) is 0.644. The molecule has 1 heteroatoms. The third-order valence-electron chi connectivity index (χ3n) is 1.33. The van der Waals surface area contributed by atoms with Crippen molar-refractivity contribution in [1.29, 1.82) is 0 Å². The number of unbranched alkanes of at least 4 members (excludes halogenated alkanes) is 1. The molecule has 1 unspecified atom stereocenters. The van der Waals surface area contributed by atoms with Crippen molar-refractivity contribution in [2.45, 2.75) is 38.7 Å². The summed E-state index contributed by atoms with van der Waals surface area (Å²) in [5.41, 5.74) is 0. The smallest absolute Gasteiger partial charge is 0.0538 e. The van der Waals surface area contributed by atoms with Crippen LogP contribution >= 0.6 is 0 Å². The summed E-state index contributed by atoms with van der Waals surface area (Å²) in [4.78, 5) is 0. The molecule has 0 saturated heterocycles. The zero-order valence-corrected chi connectivity index (χ0v) is 5.93. The number of aliphatic hydroxyl groups excluding tert-OH is 1. The van der Waals surface area contributed by atoms with Gasteiger partial charge in [0.15, 0.2) is 0 Å². The van der Waals surface area contributed by atoms with Crippen LogP contribution < -0.4 is 0 Å². The lowest BCUT2D eigenvalue weighted by Crippen LogP contribution is -2.02. The van der Waals surface area contributed by atoms with Gasteiger partial charge < -0.3 is 5.11 Å². The predicted molar refractivity (Wildman–Crippen MR) is 39.0 cm³/mol. The van der Waals surface area contributed by atoms with Crippen molar-refractivity contribution in [2.75, 3.05) is 0 Å². The Morgan fingerprint density at radius 1 is 1.67 bits per heavy atom. The van der Waals surface area contributed by atoms with E-state index in [1.54, 1.807) is 0 Å². The highest BCUT2D eigenvalue weighted by molar-refractivity contribution is 4.83. The van der Waals surface area contributed by atoms with Crippen LogP contribution in [-0.4, -0.2) is 11.2 Å². The van der Waals surface area contributed by atoms with Crippen LogP contribution in [0.2, 0.25) is 0 Å². The van der Waals surface area contributed by atoms with E-state index in [0.717, 1.165) is 25.7 Å². The molecule has 0 aromatic heterocycles. The largest absolute Gasteiger partial charge is 0.393 e. The Morgan fingerprint density at radius 3 is 2.78 bits per heavy atom. The fraction of sp³-hybridized carbons (Fsp3) is 0.750. The third kappa shape index (κ3) is 5.39. The lowest BCUT2D eigenvalue weighted by atomic mass is 10.1. The molecule has 9 heavy (non-hydrogen) atoms. The van der Waals surface area contributed by atoms with Crippen LogP contribution in [0.1, 0.15) is 32.6 Å². The van der Waals surface area contributed by atoms with Crippen LogP contribution in [0, 0.1) is 12.3 Å². The van der Waals surface area contributed by atoms with E-state index < -0.39 is 0 Å². The molecule has 0 heterocycles. The van der Waals surface area contributed by atoms with E-state index in [1.807, 2.05) is 6.92 Å². The van der Waals surface area contributed by atoms with Gasteiger partial charge in [-0.05, 0) is 19.3 Å². The Hall–Kier alpha value is -0.480. The van der Waals surface area contributed by atoms with Crippen molar-refractivity contribution in [2.24, 2.45) is 0 Å². The first-order chi connectivity index (χ1) is 4.31. The van der Waals surface area contributed by atoms with Crippen LogP contribution in [0.15, 0.2) is 0 Å². The second-order valence-corrected chi connectivity index (χ2v) is 2.16. The summed E-state index contributed by atoms with van der Waals surface area (Å²) in [5.74, 6) is 2.54. The van der Waals surface area contributed by atoms with Crippen molar-refractivity contribution in [3.8, 4) is 12.3 Å². The molecular formula is C8H14O. The molecule has 0 bridgehead atoms. The monoisotopic (exact) mass is 126 g/mol. The summed E-state index contributed by atoms with van der Waals surface area (Å²) in [5, 5.41) is 9.02.